The summed E-state index contributed by atoms with van der Waals surface area (Å²) >= 11 is 0. The minimum Gasteiger partial charge on any atom is -0.497 e. The Hall–Kier alpha value is -1.73. The second-order valence-corrected chi connectivity index (χ2v) is 5.59. The molecule has 1 heterocycles. The molecule has 0 saturated carbocycles. The van der Waals surface area contributed by atoms with Gasteiger partial charge < -0.3 is 15.0 Å². The van der Waals surface area contributed by atoms with Crippen LogP contribution in [0.15, 0.2) is 18.2 Å². The van der Waals surface area contributed by atoms with Gasteiger partial charge in [-0.05, 0) is 37.9 Å². The van der Waals surface area contributed by atoms with Crippen LogP contribution in [0.2, 0.25) is 0 Å². The average Bonchev–Trinajstić information content (AvgIpc) is 2.55. The van der Waals surface area contributed by atoms with Crippen LogP contribution < -0.4 is 15.0 Å². The monoisotopic (exact) mass is 287 g/mol. The smallest absolute Gasteiger partial charge is 0.121 e. The van der Waals surface area contributed by atoms with Gasteiger partial charge >= 0.3 is 0 Å². The molecular formula is C17H25N3O. The van der Waals surface area contributed by atoms with E-state index < -0.39 is 0 Å². The van der Waals surface area contributed by atoms with Gasteiger partial charge in [-0.15, -0.1) is 0 Å². The third-order valence-electron chi connectivity index (χ3n) is 4.01. The molecule has 4 heteroatoms. The maximum atomic E-state index is 9.37. The summed E-state index contributed by atoms with van der Waals surface area (Å²) in [6.45, 7) is 5.19. The van der Waals surface area contributed by atoms with E-state index in [1.807, 2.05) is 18.2 Å². The second-order valence-electron chi connectivity index (χ2n) is 5.59. The van der Waals surface area contributed by atoms with Crippen molar-refractivity contribution in [3.8, 4) is 11.8 Å². The highest BCUT2D eigenvalue weighted by atomic mass is 16.5. The Balaban J connectivity index is 2.21. The minimum atomic E-state index is 0.517. The van der Waals surface area contributed by atoms with Crippen molar-refractivity contribution < 1.29 is 4.74 Å². The van der Waals surface area contributed by atoms with Gasteiger partial charge in [0.05, 0.1) is 18.4 Å². The Morgan fingerprint density at radius 3 is 2.90 bits per heavy atom. The second kappa shape index (κ2) is 7.90. The summed E-state index contributed by atoms with van der Waals surface area (Å²) in [5, 5.41) is 13.0. The number of rotatable bonds is 6. The summed E-state index contributed by atoms with van der Waals surface area (Å²) in [7, 11) is 1.66. The maximum absolute atomic E-state index is 9.37. The number of hydrogen-bond acceptors (Lipinski definition) is 4. The summed E-state index contributed by atoms with van der Waals surface area (Å²) in [5.74, 6) is 0.807. The fourth-order valence-electron chi connectivity index (χ4n) is 2.92. The number of nitriles is 1. The van der Waals surface area contributed by atoms with Crippen LogP contribution in [0.3, 0.4) is 0 Å². The van der Waals surface area contributed by atoms with Crippen LogP contribution in [-0.4, -0.2) is 32.8 Å². The van der Waals surface area contributed by atoms with Crippen molar-refractivity contribution in [2.45, 2.75) is 38.6 Å². The van der Waals surface area contributed by atoms with Crippen molar-refractivity contribution in [1.29, 1.82) is 5.26 Å². The highest BCUT2D eigenvalue weighted by Crippen LogP contribution is 2.26. The number of nitrogens with zero attached hydrogens (tertiary/aromatic N) is 2. The Bertz CT molecular complexity index is 489. The molecule has 114 valence electrons. The number of benzene rings is 1. The molecule has 0 radical (unpaired) electrons. The summed E-state index contributed by atoms with van der Waals surface area (Å²) in [4.78, 5) is 2.32. The number of methoxy groups -OCH3 is 1. The molecule has 1 saturated heterocycles. The zero-order valence-electron chi connectivity index (χ0n) is 13.1. The molecule has 0 aromatic heterocycles. The summed E-state index contributed by atoms with van der Waals surface area (Å²) < 4.78 is 5.32. The lowest BCUT2D eigenvalue weighted by atomic mass is 10.0. The lowest BCUT2D eigenvalue weighted by Gasteiger charge is -2.32. The van der Waals surface area contributed by atoms with Gasteiger partial charge in [-0.1, -0.05) is 13.3 Å². The van der Waals surface area contributed by atoms with Crippen LogP contribution in [0.1, 0.15) is 38.2 Å². The standard InChI is InChI=1S/C17H25N3O/c1-3-10-20(13-15-6-4-5-9-19-15)17-11-16(21-2)8-7-14(17)12-18/h7-8,11,15,19H,3-6,9-10,13H2,1-2H3. The molecule has 1 aliphatic rings. The highest BCUT2D eigenvalue weighted by Gasteiger charge is 2.19. The molecule has 0 amide bonds. The molecule has 21 heavy (non-hydrogen) atoms. The molecule has 1 atom stereocenters. The predicted octanol–water partition coefficient (Wildman–Crippen LogP) is 2.93. The van der Waals surface area contributed by atoms with E-state index in [0.29, 0.717) is 6.04 Å². The molecular weight excluding hydrogens is 262 g/mol. The molecule has 0 bridgehead atoms. The lowest BCUT2D eigenvalue weighted by Crippen LogP contribution is -2.44. The van der Waals surface area contributed by atoms with Gasteiger partial charge in [-0.2, -0.15) is 5.26 Å². The van der Waals surface area contributed by atoms with Crippen LogP contribution in [0.25, 0.3) is 0 Å². The van der Waals surface area contributed by atoms with Crippen molar-refractivity contribution in [2.75, 3.05) is 31.6 Å². The number of hydrogen-bond donors (Lipinski definition) is 1. The minimum absolute atomic E-state index is 0.517. The largest absolute Gasteiger partial charge is 0.497 e. The molecule has 0 spiro atoms. The van der Waals surface area contributed by atoms with E-state index in [4.69, 9.17) is 4.74 Å². The first-order valence-corrected chi connectivity index (χ1v) is 7.85. The summed E-state index contributed by atoms with van der Waals surface area (Å²) in [5.41, 5.74) is 1.71. The van der Waals surface area contributed by atoms with Gasteiger partial charge in [-0.3, -0.25) is 0 Å². The Morgan fingerprint density at radius 1 is 1.43 bits per heavy atom. The normalized spacial score (nSPS) is 18.0. The van der Waals surface area contributed by atoms with E-state index in [0.717, 1.165) is 43.1 Å². The zero-order chi connectivity index (χ0) is 15.1. The van der Waals surface area contributed by atoms with E-state index in [2.05, 4.69) is 23.2 Å². The number of nitrogens with one attached hydrogen (secondary N) is 1. The SMILES string of the molecule is CCCN(CC1CCCCN1)c1cc(OC)ccc1C#N. The van der Waals surface area contributed by atoms with Crippen molar-refractivity contribution >= 4 is 5.69 Å². The first-order chi connectivity index (χ1) is 10.3. The van der Waals surface area contributed by atoms with E-state index >= 15 is 0 Å². The zero-order valence-corrected chi connectivity index (χ0v) is 13.1. The van der Waals surface area contributed by atoms with Gasteiger partial charge in [0.1, 0.15) is 11.8 Å². The fraction of sp³-hybridized carbons (Fsp3) is 0.588. The van der Waals surface area contributed by atoms with Crippen molar-refractivity contribution in [3.63, 3.8) is 0 Å². The van der Waals surface area contributed by atoms with E-state index in [1.165, 1.54) is 19.3 Å². The molecule has 1 N–H and O–H groups in total. The Kier molecular flexibility index (Phi) is 5.89. The summed E-state index contributed by atoms with van der Waals surface area (Å²) in [6.07, 6.45) is 4.84. The Morgan fingerprint density at radius 2 is 2.29 bits per heavy atom. The van der Waals surface area contributed by atoms with Crippen LogP contribution in [0.5, 0.6) is 5.75 Å². The molecule has 1 fully saturated rings. The van der Waals surface area contributed by atoms with Gasteiger partial charge in [0.15, 0.2) is 0 Å². The third kappa shape index (κ3) is 4.12. The number of piperidine rings is 1. The van der Waals surface area contributed by atoms with Crippen molar-refractivity contribution in [3.05, 3.63) is 23.8 Å². The topological polar surface area (TPSA) is 48.3 Å². The van der Waals surface area contributed by atoms with E-state index in [1.54, 1.807) is 7.11 Å². The quantitative estimate of drug-likeness (QED) is 0.874. The van der Waals surface area contributed by atoms with Crippen molar-refractivity contribution in [2.24, 2.45) is 0 Å². The van der Waals surface area contributed by atoms with Gasteiger partial charge in [-0.25, -0.2) is 0 Å². The summed E-state index contributed by atoms with van der Waals surface area (Å²) in [6, 6.07) is 8.51. The Labute approximate surface area is 127 Å². The van der Waals surface area contributed by atoms with Crippen molar-refractivity contribution in [1.82, 2.24) is 5.32 Å². The van der Waals surface area contributed by atoms with Crippen LogP contribution in [0.4, 0.5) is 5.69 Å². The van der Waals surface area contributed by atoms with Gasteiger partial charge in [0, 0.05) is 25.2 Å². The highest BCUT2D eigenvalue weighted by molar-refractivity contribution is 5.62. The van der Waals surface area contributed by atoms with Crippen LogP contribution >= 0.6 is 0 Å². The van der Waals surface area contributed by atoms with Gasteiger partial charge in [0.2, 0.25) is 0 Å². The number of anilines is 1. The van der Waals surface area contributed by atoms with Crippen LogP contribution in [0, 0.1) is 11.3 Å². The predicted molar refractivity (Wildman–Crippen MR) is 85.9 cm³/mol. The third-order valence-corrected chi connectivity index (χ3v) is 4.01. The molecule has 1 unspecified atom stereocenters. The number of ether oxygens (including phenoxy) is 1. The van der Waals surface area contributed by atoms with Crippen LogP contribution in [-0.2, 0) is 0 Å². The lowest BCUT2D eigenvalue weighted by molar-refractivity contribution is 0.398. The molecule has 0 aliphatic carbocycles. The molecule has 4 nitrogen and oxygen atoms in total. The van der Waals surface area contributed by atoms with Gasteiger partial charge in [0.25, 0.3) is 0 Å². The van der Waals surface area contributed by atoms with E-state index in [-0.39, 0.29) is 0 Å². The maximum Gasteiger partial charge on any atom is 0.121 e. The molecule has 1 aromatic rings. The first kappa shape index (κ1) is 15.7. The average molecular weight is 287 g/mol. The molecule has 1 aromatic carbocycles. The fourth-order valence-corrected chi connectivity index (χ4v) is 2.92. The van der Waals surface area contributed by atoms with E-state index in [9.17, 15) is 5.26 Å². The molecule has 1 aliphatic heterocycles. The molecule has 2 rings (SSSR count). The first-order valence-electron chi connectivity index (χ1n) is 7.85.